The summed E-state index contributed by atoms with van der Waals surface area (Å²) in [7, 11) is 0. The predicted molar refractivity (Wildman–Crippen MR) is 89.2 cm³/mol. The molecular weight excluding hydrogens is 306 g/mol. The van der Waals surface area contributed by atoms with Crippen LogP contribution in [-0.4, -0.2) is 24.7 Å². The highest BCUT2D eigenvalue weighted by molar-refractivity contribution is 5.86. The maximum absolute atomic E-state index is 12.7. The molecule has 0 bridgehead atoms. The van der Waals surface area contributed by atoms with Crippen molar-refractivity contribution in [1.82, 2.24) is 14.5 Å². The molecule has 2 N–H and O–H groups in total. The zero-order valence-electron chi connectivity index (χ0n) is 12.4. The Morgan fingerprint density at radius 3 is 2.62 bits per heavy atom. The van der Waals surface area contributed by atoms with Crippen LogP contribution in [0.15, 0.2) is 47.3 Å². The summed E-state index contributed by atoms with van der Waals surface area (Å²) >= 11 is 0. The Kier molecular flexibility index (Phi) is 2.35. The summed E-state index contributed by atoms with van der Waals surface area (Å²) in [5, 5.41) is 20.6. The zero-order valence-corrected chi connectivity index (χ0v) is 12.4. The first-order valence-electron chi connectivity index (χ1n) is 7.47. The van der Waals surface area contributed by atoms with E-state index in [9.17, 15) is 15.0 Å². The number of para-hydroxylation sites is 1. The molecule has 0 saturated carbocycles. The van der Waals surface area contributed by atoms with Crippen LogP contribution in [0.2, 0.25) is 0 Å². The molecule has 0 spiro atoms. The highest BCUT2D eigenvalue weighted by atomic mass is 16.3. The lowest BCUT2D eigenvalue weighted by molar-refractivity contribution is 0.404. The van der Waals surface area contributed by atoms with Crippen molar-refractivity contribution in [3.63, 3.8) is 0 Å². The van der Waals surface area contributed by atoms with E-state index in [0.29, 0.717) is 23.6 Å². The Balaban J connectivity index is 1.87. The van der Waals surface area contributed by atoms with Crippen molar-refractivity contribution in [1.29, 1.82) is 0 Å². The van der Waals surface area contributed by atoms with Gasteiger partial charge < -0.3 is 10.2 Å². The minimum Gasteiger partial charge on any atom is -0.504 e. The third-order valence-electron chi connectivity index (χ3n) is 4.39. The molecule has 6 heteroatoms. The molecule has 0 aliphatic carbocycles. The first kappa shape index (κ1) is 13.1. The second-order valence-corrected chi connectivity index (χ2v) is 5.87. The SMILES string of the molecule is O=c1c2cc(O)c(O)cc2nc2n1Cc1cc3ccccc3nc1-2. The van der Waals surface area contributed by atoms with E-state index in [1.165, 1.54) is 12.1 Å². The van der Waals surface area contributed by atoms with Crippen LogP contribution in [0.4, 0.5) is 0 Å². The molecule has 5 rings (SSSR count). The highest BCUT2D eigenvalue weighted by Crippen LogP contribution is 2.33. The molecule has 2 aromatic carbocycles. The lowest BCUT2D eigenvalue weighted by atomic mass is 10.1. The van der Waals surface area contributed by atoms with Gasteiger partial charge in [0.15, 0.2) is 17.3 Å². The summed E-state index contributed by atoms with van der Waals surface area (Å²) in [6.07, 6.45) is 0. The van der Waals surface area contributed by atoms with Crippen molar-refractivity contribution in [3.8, 4) is 23.0 Å². The lowest BCUT2D eigenvalue weighted by Crippen LogP contribution is -2.20. The second-order valence-electron chi connectivity index (χ2n) is 5.87. The van der Waals surface area contributed by atoms with E-state index >= 15 is 0 Å². The topological polar surface area (TPSA) is 88.2 Å². The van der Waals surface area contributed by atoms with Gasteiger partial charge in [0.2, 0.25) is 0 Å². The van der Waals surface area contributed by atoms with Gasteiger partial charge in [-0.05, 0) is 18.2 Å². The zero-order chi connectivity index (χ0) is 16.4. The van der Waals surface area contributed by atoms with E-state index in [1.54, 1.807) is 4.57 Å². The third-order valence-corrected chi connectivity index (χ3v) is 4.39. The molecule has 0 unspecified atom stereocenters. The molecule has 116 valence electrons. The van der Waals surface area contributed by atoms with Crippen LogP contribution in [0.1, 0.15) is 5.56 Å². The van der Waals surface area contributed by atoms with Crippen molar-refractivity contribution < 1.29 is 10.2 Å². The van der Waals surface area contributed by atoms with Gasteiger partial charge in [0.25, 0.3) is 5.56 Å². The van der Waals surface area contributed by atoms with Gasteiger partial charge in [-0.1, -0.05) is 18.2 Å². The van der Waals surface area contributed by atoms with E-state index in [4.69, 9.17) is 0 Å². The summed E-state index contributed by atoms with van der Waals surface area (Å²) in [6.45, 7) is 0.395. The number of phenolic OH excluding ortho intramolecular Hbond substituents is 2. The maximum Gasteiger partial charge on any atom is 0.262 e. The van der Waals surface area contributed by atoms with Crippen molar-refractivity contribution in [2.45, 2.75) is 6.54 Å². The van der Waals surface area contributed by atoms with E-state index in [2.05, 4.69) is 9.97 Å². The third kappa shape index (κ3) is 1.62. The molecule has 3 heterocycles. The van der Waals surface area contributed by atoms with Gasteiger partial charge in [-0.15, -0.1) is 0 Å². The number of nitrogens with zero attached hydrogens (tertiary/aromatic N) is 3. The molecule has 1 aliphatic rings. The molecule has 2 aromatic heterocycles. The number of benzene rings is 2. The van der Waals surface area contributed by atoms with Crippen LogP contribution in [0.25, 0.3) is 33.3 Å². The monoisotopic (exact) mass is 317 g/mol. The average Bonchev–Trinajstić information content (AvgIpc) is 2.93. The molecular formula is C18H11N3O3. The van der Waals surface area contributed by atoms with E-state index in [-0.39, 0.29) is 22.4 Å². The van der Waals surface area contributed by atoms with Crippen molar-refractivity contribution in [2.24, 2.45) is 0 Å². The number of rotatable bonds is 0. The van der Waals surface area contributed by atoms with Gasteiger partial charge in [0.1, 0.15) is 5.69 Å². The average molecular weight is 317 g/mol. The molecule has 0 radical (unpaired) electrons. The molecule has 1 aliphatic heterocycles. The number of hydrogen-bond acceptors (Lipinski definition) is 5. The van der Waals surface area contributed by atoms with Gasteiger partial charge in [0.05, 0.1) is 23.0 Å². The van der Waals surface area contributed by atoms with Crippen molar-refractivity contribution >= 4 is 21.8 Å². The number of fused-ring (bicyclic) bond motifs is 5. The summed E-state index contributed by atoms with van der Waals surface area (Å²) in [5.41, 5.74) is 2.53. The summed E-state index contributed by atoms with van der Waals surface area (Å²) < 4.78 is 1.55. The number of pyridine rings is 1. The van der Waals surface area contributed by atoms with E-state index < -0.39 is 0 Å². The van der Waals surface area contributed by atoms with Crippen LogP contribution in [-0.2, 0) is 6.54 Å². The normalized spacial score (nSPS) is 12.5. The van der Waals surface area contributed by atoms with Crippen LogP contribution in [0.3, 0.4) is 0 Å². The quantitative estimate of drug-likeness (QED) is 0.428. The molecule has 0 saturated heterocycles. The Morgan fingerprint density at radius 1 is 0.958 bits per heavy atom. The van der Waals surface area contributed by atoms with Crippen LogP contribution < -0.4 is 5.56 Å². The Morgan fingerprint density at radius 2 is 1.75 bits per heavy atom. The van der Waals surface area contributed by atoms with Crippen LogP contribution in [0.5, 0.6) is 11.5 Å². The van der Waals surface area contributed by atoms with E-state index in [1.807, 2.05) is 30.3 Å². The van der Waals surface area contributed by atoms with Crippen molar-refractivity contribution in [2.75, 3.05) is 0 Å². The standard InChI is InChI=1S/C18H11N3O3/c22-14-6-11-13(7-15(14)23)20-17-16-10(8-21(17)18(11)24)5-9-3-1-2-4-12(9)19-16/h1-7,22-23H,8H2. The van der Waals surface area contributed by atoms with E-state index in [0.717, 1.165) is 16.5 Å². The fraction of sp³-hybridized carbons (Fsp3) is 0.0556. The Labute approximate surface area is 135 Å². The summed E-state index contributed by atoms with van der Waals surface area (Å²) in [6, 6.07) is 12.3. The van der Waals surface area contributed by atoms with Gasteiger partial charge >= 0.3 is 0 Å². The number of aromatic nitrogens is 3. The summed E-state index contributed by atoms with van der Waals surface area (Å²) in [4.78, 5) is 21.9. The fourth-order valence-electron chi connectivity index (χ4n) is 3.22. The summed E-state index contributed by atoms with van der Waals surface area (Å²) in [5.74, 6) is -0.149. The fourth-order valence-corrected chi connectivity index (χ4v) is 3.22. The largest absolute Gasteiger partial charge is 0.504 e. The number of aromatic hydroxyl groups is 2. The minimum atomic E-state index is -0.332. The lowest BCUT2D eigenvalue weighted by Gasteiger charge is -2.06. The smallest absolute Gasteiger partial charge is 0.262 e. The van der Waals surface area contributed by atoms with Gasteiger partial charge in [0, 0.05) is 17.0 Å². The molecule has 0 fully saturated rings. The van der Waals surface area contributed by atoms with Crippen molar-refractivity contribution in [3.05, 3.63) is 58.4 Å². The molecule has 0 amide bonds. The number of phenols is 2. The maximum atomic E-state index is 12.7. The minimum absolute atomic E-state index is 0.257. The molecule has 24 heavy (non-hydrogen) atoms. The first-order valence-corrected chi connectivity index (χ1v) is 7.47. The Hall–Kier alpha value is -3.41. The Bertz CT molecular complexity index is 1230. The van der Waals surface area contributed by atoms with Crippen LogP contribution >= 0.6 is 0 Å². The van der Waals surface area contributed by atoms with Gasteiger partial charge in [-0.3, -0.25) is 9.36 Å². The predicted octanol–water partition coefficient (Wildman–Crippen LogP) is 2.38. The molecule has 4 aromatic rings. The van der Waals surface area contributed by atoms with Gasteiger partial charge in [-0.2, -0.15) is 0 Å². The molecule has 0 atom stereocenters. The van der Waals surface area contributed by atoms with Gasteiger partial charge in [-0.25, -0.2) is 9.97 Å². The van der Waals surface area contributed by atoms with Crippen LogP contribution in [0, 0.1) is 0 Å². The second kappa shape index (κ2) is 4.32. The first-order chi connectivity index (χ1) is 11.6. The highest BCUT2D eigenvalue weighted by Gasteiger charge is 2.25. The molecule has 6 nitrogen and oxygen atoms in total. The number of hydrogen-bond donors (Lipinski definition) is 2.